The van der Waals surface area contributed by atoms with Crippen LogP contribution in [0.3, 0.4) is 0 Å². The van der Waals surface area contributed by atoms with E-state index in [0.717, 1.165) is 11.3 Å². The first-order valence-electron chi connectivity index (χ1n) is 9.09. The van der Waals surface area contributed by atoms with Crippen molar-refractivity contribution in [1.29, 1.82) is 0 Å². The molecule has 0 radical (unpaired) electrons. The molecule has 8 nitrogen and oxygen atoms in total. The third kappa shape index (κ3) is 5.71. The lowest BCUT2D eigenvalue weighted by molar-refractivity contribution is -0.118. The van der Waals surface area contributed by atoms with Crippen LogP contribution in [0.5, 0.6) is 11.5 Å². The average molecular weight is 420 g/mol. The van der Waals surface area contributed by atoms with Gasteiger partial charge in [-0.25, -0.2) is 4.79 Å². The molecule has 2 amide bonds. The number of hydrogen-bond donors (Lipinski definition) is 2. The molecule has 0 aliphatic heterocycles. The minimum atomic E-state index is -0.598. The standard InChI is InChI=1S/C20H24N2O6S/c1-5-26-13-7-9-14(10-8-13)28-11-15(23)22-19-16(20(25)27-6-2)12(3)17(29-19)18(24)21-4/h7-10H,5-6,11H2,1-4H3,(H,21,24)(H,22,23). The number of carbonyl (C=O) groups is 3. The summed E-state index contributed by atoms with van der Waals surface area (Å²) in [4.78, 5) is 37.0. The molecule has 0 spiro atoms. The lowest BCUT2D eigenvalue weighted by Crippen LogP contribution is -2.21. The van der Waals surface area contributed by atoms with Crippen molar-refractivity contribution in [3.05, 3.63) is 40.3 Å². The molecule has 1 aromatic heterocycles. The number of amides is 2. The highest BCUT2D eigenvalue weighted by atomic mass is 32.1. The van der Waals surface area contributed by atoms with Crippen molar-refractivity contribution in [2.24, 2.45) is 0 Å². The largest absolute Gasteiger partial charge is 0.494 e. The zero-order valence-corrected chi connectivity index (χ0v) is 17.6. The van der Waals surface area contributed by atoms with Gasteiger partial charge in [-0.1, -0.05) is 0 Å². The summed E-state index contributed by atoms with van der Waals surface area (Å²) in [7, 11) is 1.49. The van der Waals surface area contributed by atoms with Crippen molar-refractivity contribution < 1.29 is 28.6 Å². The Morgan fingerprint density at radius 2 is 1.62 bits per heavy atom. The number of hydrogen-bond acceptors (Lipinski definition) is 7. The number of benzene rings is 1. The molecule has 0 unspecified atom stereocenters. The molecule has 29 heavy (non-hydrogen) atoms. The second kappa shape index (κ2) is 10.5. The van der Waals surface area contributed by atoms with Crippen LogP contribution in [-0.2, 0) is 9.53 Å². The zero-order valence-electron chi connectivity index (χ0n) is 16.8. The summed E-state index contributed by atoms with van der Waals surface area (Å²) in [5.74, 6) is -0.195. The fourth-order valence-electron chi connectivity index (χ4n) is 2.49. The highest BCUT2D eigenvalue weighted by Gasteiger charge is 2.26. The molecule has 0 bridgehead atoms. The Morgan fingerprint density at radius 1 is 1.00 bits per heavy atom. The zero-order chi connectivity index (χ0) is 21.4. The first-order chi connectivity index (χ1) is 13.9. The maximum atomic E-state index is 12.3. The van der Waals surface area contributed by atoms with Gasteiger partial charge in [-0.3, -0.25) is 9.59 Å². The lowest BCUT2D eigenvalue weighted by Gasteiger charge is -2.09. The first-order valence-corrected chi connectivity index (χ1v) is 9.90. The number of rotatable bonds is 9. The summed E-state index contributed by atoms with van der Waals surface area (Å²) in [6, 6.07) is 6.88. The second-order valence-corrected chi connectivity index (χ2v) is 6.82. The number of anilines is 1. The smallest absolute Gasteiger partial charge is 0.341 e. The molecular weight excluding hydrogens is 396 g/mol. The summed E-state index contributed by atoms with van der Waals surface area (Å²) in [5.41, 5.74) is 0.625. The lowest BCUT2D eigenvalue weighted by atomic mass is 10.1. The molecule has 156 valence electrons. The van der Waals surface area contributed by atoms with Gasteiger partial charge in [-0.05, 0) is 50.6 Å². The predicted octanol–water partition coefficient (Wildman–Crippen LogP) is 3.01. The van der Waals surface area contributed by atoms with Crippen LogP contribution in [0.4, 0.5) is 5.00 Å². The molecule has 9 heteroatoms. The van der Waals surface area contributed by atoms with Crippen LogP contribution >= 0.6 is 11.3 Å². The van der Waals surface area contributed by atoms with Crippen molar-refractivity contribution >= 4 is 34.1 Å². The Bertz CT molecular complexity index is 876. The van der Waals surface area contributed by atoms with Gasteiger partial charge in [0.25, 0.3) is 11.8 Å². The van der Waals surface area contributed by atoms with Gasteiger partial charge in [0.1, 0.15) is 16.5 Å². The summed E-state index contributed by atoms with van der Waals surface area (Å²) in [5, 5.41) is 5.41. The summed E-state index contributed by atoms with van der Waals surface area (Å²) >= 11 is 1.01. The SMILES string of the molecule is CCOC(=O)c1c(NC(=O)COc2ccc(OCC)cc2)sc(C(=O)NC)c1C. The van der Waals surface area contributed by atoms with Gasteiger partial charge in [-0.15, -0.1) is 11.3 Å². The van der Waals surface area contributed by atoms with Crippen LogP contribution in [0, 0.1) is 6.92 Å². The van der Waals surface area contributed by atoms with E-state index in [1.165, 1.54) is 7.05 Å². The minimum absolute atomic E-state index is 0.171. The van der Waals surface area contributed by atoms with Crippen LogP contribution in [0.15, 0.2) is 24.3 Å². The number of ether oxygens (including phenoxy) is 3. The normalized spacial score (nSPS) is 10.2. The van der Waals surface area contributed by atoms with E-state index >= 15 is 0 Å². The molecule has 1 aromatic carbocycles. The molecule has 0 aliphatic carbocycles. The van der Waals surface area contributed by atoms with Crippen molar-refractivity contribution in [2.45, 2.75) is 20.8 Å². The van der Waals surface area contributed by atoms with Crippen molar-refractivity contribution in [1.82, 2.24) is 5.32 Å². The molecule has 2 rings (SSSR count). The summed E-state index contributed by atoms with van der Waals surface area (Å²) in [6.07, 6.45) is 0. The van der Waals surface area contributed by atoms with Crippen molar-refractivity contribution in [3.8, 4) is 11.5 Å². The minimum Gasteiger partial charge on any atom is -0.494 e. The molecule has 0 aliphatic rings. The monoisotopic (exact) mass is 420 g/mol. The molecule has 0 fully saturated rings. The van der Waals surface area contributed by atoms with E-state index in [-0.39, 0.29) is 29.7 Å². The Labute approximate surface area is 173 Å². The number of thiophene rings is 1. The van der Waals surface area contributed by atoms with E-state index in [2.05, 4.69) is 10.6 Å². The van der Waals surface area contributed by atoms with Crippen LogP contribution in [0.25, 0.3) is 0 Å². The van der Waals surface area contributed by atoms with E-state index in [9.17, 15) is 14.4 Å². The first kappa shape index (κ1) is 22.2. The van der Waals surface area contributed by atoms with Crippen molar-refractivity contribution in [2.75, 3.05) is 32.2 Å². The van der Waals surface area contributed by atoms with E-state index in [1.54, 1.807) is 38.1 Å². The maximum absolute atomic E-state index is 12.3. The maximum Gasteiger partial charge on any atom is 0.341 e. The van der Waals surface area contributed by atoms with Crippen LogP contribution in [0.1, 0.15) is 39.4 Å². The molecule has 1 heterocycles. The van der Waals surface area contributed by atoms with Gasteiger partial charge in [-0.2, -0.15) is 0 Å². The van der Waals surface area contributed by atoms with Gasteiger partial charge in [0.15, 0.2) is 6.61 Å². The Balaban J connectivity index is 2.11. The third-order valence-electron chi connectivity index (χ3n) is 3.82. The average Bonchev–Trinajstić information content (AvgIpc) is 3.03. The molecule has 2 aromatic rings. The molecule has 0 atom stereocenters. The third-order valence-corrected chi connectivity index (χ3v) is 5.02. The summed E-state index contributed by atoms with van der Waals surface area (Å²) < 4.78 is 15.9. The highest BCUT2D eigenvalue weighted by molar-refractivity contribution is 7.18. The molecule has 0 saturated heterocycles. The van der Waals surface area contributed by atoms with E-state index in [4.69, 9.17) is 14.2 Å². The number of esters is 1. The molecule has 2 N–H and O–H groups in total. The van der Waals surface area contributed by atoms with Gasteiger partial charge >= 0.3 is 5.97 Å². The molecule has 0 saturated carbocycles. The fourth-order valence-corrected chi connectivity index (χ4v) is 3.65. The molecular formula is C20H24N2O6S. The number of nitrogens with one attached hydrogen (secondary N) is 2. The number of carbonyl (C=O) groups excluding carboxylic acids is 3. The Hall–Kier alpha value is -3.07. The van der Waals surface area contributed by atoms with Gasteiger partial charge in [0.05, 0.1) is 23.7 Å². The van der Waals surface area contributed by atoms with Gasteiger partial charge in [0, 0.05) is 7.05 Å². The topological polar surface area (TPSA) is 103 Å². The van der Waals surface area contributed by atoms with Gasteiger partial charge < -0.3 is 24.8 Å². The fraction of sp³-hybridized carbons (Fsp3) is 0.350. The highest BCUT2D eigenvalue weighted by Crippen LogP contribution is 2.33. The van der Waals surface area contributed by atoms with Gasteiger partial charge in [0.2, 0.25) is 0 Å². The van der Waals surface area contributed by atoms with Crippen LogP contribution in [-0.4, -0.2) is 44.7 Å². The Morgan fingerprint density at radius 3 is 2.17 bits per heavy atom. The Kier molecular flexibility index (Phi) is 8.02. The van der Waals surface area contributed by atoms with E-state index in [0.29, 0.717) is 28.5 Å². The summed E-state index contributed by atoms with van der Waals surface area (Å²) in [6.45, 7) is 5.69. The van der Waals surface area contributed by atoms with E-state index in [1.807, 2.05) is 6.92 Å². The van der Waals surface area contributed by atoms with Crippen molar-refractivity contribution in [3.63, 3.8) is 0 Å². The second-order valence-electron chi connectivity index (χ2n) is 5.80. The quantitative estimate of drug-likeness (QED) is 0.605. The van der Waals surface area contributed by atoms with E-state index < -0.39 is 11.9 Å². The van der Waals surface area contributed by atoms with Crippen LogP contribution in [0.2, 0.25) is 0 Å². The van der Waals surface area contributed by atoms with Crippen LogP contribution < -0.4 is 20.1 Å². The predicted molar refractivity (Wildman–Crippen MR) is 110 cm³/mol.